The van der Waals surface area contributed by atoms with Gasteiger partial charge in [0.1, 0.15) is 0 Å². The Hall–Kier alpha value is -0.160. The fourth-order valence-electron chi connectivity index (χ4n) is 2.38. The summed E-state index contributed by atoms with van der Waals surface area (Å²) >= 11 is 0. The van der Waals surface area contributed by atoms with Crippen LogP contribution >= 0.6 is 0 Å². The molecule has 1 aliphatic heterocycles. The maximum absolute atomic E-state index is 5.56. The highest BCUT2D eigenvalue weighted by Crippen LogP contribution is 2.14. The summed E-state index contributed by atoms with van der Waals surface area (Å²) in [6, 6.07) is 0.603. The van der Waals surface area contributed by atoms with Gasteiger partial charge >= 0.3 is 0 Å². The van der Waals surface area contributed by atoms with Crippen LogP contribution < -0.4 is 5.32 Å². The molecule has 0 atom stereocenters. The van der Waals surface area contributed by atoms with Crippen LogP contribution in [0.4, 0.5) is 0 Å². The highest BCUT2D eigenvalue weighted by molar-refractivity contribution is 4.74. The van der Waals surface area contributed by atoms with Gasteiger partial charge in [-0.25, -0.2) is 0 Å². The molecule has 0 unspecified atom stereocenters. The van der Waals surface area contributed by atoms with E-state index in [0.29, 0.717) is 19.3 Å². The van der Waals surface area contributed by atoms with Gasteiger partial charge in [0, 0.05) is 26.2 Å². The van der Waals surface area contributed by atoms with Crippen molar-refractivity contribution in [3.8, 4) is 0 Å². The minimum absolute atomic E-state index is 0.603. The molecule has 0 saturated carbocycles. The quantitative estimate of drug-likeness (QED) is 0.633. The summed E-state index contributed by atoms with van der Waals surface area (Å²) in [5, 5.41) is 3.43. The van der Waals surface area contributed by atoms with Gasteiger partial charge in [0.25, 0.3) is 0 Å². The molecule has 1 saturated heterocycles. The molecule has 4 heteroatoms. The third kappa shape index (κ3) is 6.69. The third-order valence-electron chi connectivity index (χ3n) is 3.64. The summed E-state index contributed by atoms with van der Waals surface area (Å²) in [6.07, 6.45) is 2.63. The van der Waals surface area contributed by atoms with Gasteiger partial charge in [0.15, 0.2) is 0 Å². The molecule has 0 aromatic carbocycles. The first kappa shape index (κ1) is 15.9. The van der Waals surface area contributed by atoms with E-state index in [0.717, 1.165) is 19.1 Å². The fraction of sp³-hybridized carbons (Fsp3) is 1.00. The topological polar surface area (TPSA) is 33.7 Å². The Morgan fingerprint density at radius 3 is 2.50 bits per heavy atom. The molecular weight excluding hydrogens is 228 g/mol. The van der Waals surface area contributed by atoms with Crippen LogP contribution in [-0.2, 0) is 9.47 Å². The average Bonchev–Trinajstić information content (AvgIpc) is 2.38. The zero-order valence-corrected chi connectivity index (χ0v) is 12.3. The van der Waals surface area contributed by atoms with E-state index in [1.165, 1.54) is 32.5 Å². The Labute approximate surface area is 112 Å². The van der Waals surface area contributed by atoms with E-state index in [4.69, 9.17) is 9.47 Å². The van der Waals surface area contributed by atoms with Gasteiger partial charge in [-0.2, -0.15) is 0 Å². The predicted octanol–water partition coefficient (Wildman–Crippen LogP) is 1.36. The third-order valence-corrected chi connectivity index (χ3v) is 3.64. The lowest BCUT2D eigenvalue weighted by molar-refractivity contribution is 0.0474. The van der Waals surface area contributed by atoms with Crippen molar-refractivity contribution < 1.29 is 9.47 Å². The molecule has 0 aromatic heterocycles. The highest BCUT2D eigenvalue weighted by Gasteiger charge is 2.18. The molecule has 18 heavy (non-hydrogen) atoms. The number of methoxy groups -OCH3 is 1. The van der Waals surface area contributed by atoms with Gasteiger partial charge in [-0.05, 0) is 45.7 Å². The van der Waals surface area contributed by atoms with E-state index in [1.807, 2.05) is 0 Å². The number of hydrogen-bond donors (Lipinski definition) is 1. The molecule has 1 heterocycles. The Morgan fingerprint density at radius 2 is 1.89 bits per heavy atom. The molecule has 0 radical (unpaired) electrons. The van der Waals surface area contributed by atoms with Crippen LogP contribution in [0.5, 0.6) is 0 Å². The fourth-order valence-corrected chi connectivity index (χ4v) is 2.38. The molecule has 4 nitrogen and oxygen atoms in total. The second kappa shape index (κ2) is 9.73. The lowest BCUT2D eigenvalue weighted by Gasteiger charge is -2.32. The van der Waals surface area contributed by atoms with E-state index in [2.05, 4.69) is 24.1 Å². The second-order valence-electron chi connectivity index (χ2n) is 5.39. The number of nitrogens with one attached hydrogen (secondary N) is 1. The summed E-state index contributed by atoms with van der Waals surface area (Å²) in [5.41, 5.74) is 0. The first-order valence-electron chi connectivity index (χ1n) is 7.25. The van der Waals surface area contributed by atoms with Crippen LogP contribution in [-0.4, -0.2) is 64.1 Å². The van der Waals surface area contributed by atoms with E-state index in [-0.39, 0.29) is 0 Å². The molecule has 0 aliphatic carbocycles. The van der Waals surface area contributed by atoms with Gasteiger partial charge in [0.2, 0.25) is 0 Å². The van der Waals surface area contributed by atoms with Crippen LogP contribution in [0.1, 0.15) is 26.7 Å². The summed E-state index contributed by atoms with van der Waals surface area (Å²) in [4.78, 5) is 2.54. The van der Waals surface area contributed by atoms with Crippen molar-refractivity contribution in [1.29, 1.82) is 0 Å². The number of hydrogen-bond acceptors (Lipinski definition) is 4. The first-order chi connectivity index (χ1) is 8.74. The average molecular weight is 258 g/mol. The van der Waals surface area contributed by atoms with Gasteiger partial charge in [-0.15, -0.1) is 0 Å². The summed E-state index contributed by atoms with van der Waals surface area (Å²) in [7, 11) is 1.71. The maximum Gasteiger partial charge on any atom is 0.0700 e. The smallest absolute Gasteiger partial charge is 0.0700 e. The monoisotopic (exact) mass is 258 g/mol. The summed E-state index contributed by atoms with van der Waals surface area (Å²) < 4.78 is 10.5. The van der Waals surface area contributed by atoms with Crippen LogP contribution in [0.25, 0.3) is 0 Å². The zero-order chi connectivity index (χ0) is 13.2. The van der Waals surface area contributed by atoms with Crippen molar-refractivity contribution in [2.75, 3.05) is 53.1 Å². The van der Waals surface area contributed by atoms with Crippen molar-refractivity contribution in [3.63, 3.8) is 0 Å². The Morgan fingerprint density at radius 1 is 1.17 bits per heavy atom. The molecule has 1 rings (SSSR count). The minimum atomic E-state index is 0.603. The molecular formula is C14H30N2O2. The van der Waals surface area contributed by atoms with Crippen molar-refractivity contribution >= 4 is 0 Å². The molecule has 0 aromatic rings. The van der Waals surface area contributed by atoms with E-state index in [9.17, 15) is 0 Å². The van der Waals surface area contributed by atoms with Crippen LogP contribution in [0, 0.1) is 5.92 Å². The van der Waals surface area contributed by atoms with Crippen molar-refractivity contribution in [2.45, 2.75) is 32.7 Å². The number of ether oxygens (including phenoxy) is 2. The molecule has 0 spiro atoms. The lowest BCUT2D eigenvalue weighted by Crippen LogP contribution is -2.41. The van der Waals surface area contributed by atoms with Crippen LogP contribution in [0.2, 0.25) is 0 Å². The Kier molecular flexibility index (Phi) is 8.59. The molecule has 1 N–H and O–H groups in total. The van der Waals surface area contributed by atoms with Gasteiger partial charge in [-0.1, -0.05) is 0 Å². The minimum Gasteiger partial charge on any atom is -0.382 e. The first-order valence-corrected chi connectivity index (χ1v) is 7.25. The van der Waals surface area contributed by atoms with E-state index < -0.39 is 0 Å². The van der Waals surface area contributed by atoms with E-state index >= 15 is 0 Å². The van der Waals surface area contributed by atoms with Crippen LogP contribution in [0.3, 0.4) is 0 Å². The molecule has 1 aliphatic rings. The number of rotatable bonds is 9. The van der Waals surface area contributed by atoms with Crippen molar-refractivity contribution in [2.24, 2.45) is 5.92 Å². The Balaban J connectivity index is 2.17. The normalized spacial score (nSPS) is 17.8. The molecule has 1 fully saturated rings. The van der Waals surface area contributed by atoms with Crippen molar-refractivity contribution in [3.05, 3.63) is 0 Å². The lowest BCUT2D eigenvalue weighted by atomic mass is 9.97. The zero-order valence-electron chi connectivity index (χ0n) is 12.3. The standard InChI is InChI=1S/C14H30N2O2/c1-13(2)16(8-9-18-11-10-17-3)12-14-4-6-15-7-5-14/h13-15H,4-12H2,1-3H3. The Bertz CT molecular complexity index is 194. The summed E-state index contributed by atoms with van der Waals surface area (Å²) in [5.74, 6) is 0.854. The summed E-state index contributed by atoms with van der Waals surface area (Å²) in [6.45, 7) is 11.4. The van der Waals surface area contributed by atoms with Crippen LogP contribution in [0.15, 0.2) is 0 Å². The number of nitrogens with zero attached hydrogens (tertiary/aromatic N) is 1. The second-order valence-corrected chi connectivity index (χ2v) is 5.39. The van der Waals surface area contributed by atoms with Gasteiger partial charge in [0.05, 0.1) is 19.8 Å². The van der Waals surface area contributed by atoms with Crippen molar-refractivity contribution in [1.82, 2.24) is 10.2 Å². The molecule has 0 amide bonds. The van der Waals surface area contributed by atoms with E-state index in [1.54, 1.807) is 7.11 Å². The highest BCUT2D eigenvalue weighted by atomic mass is 16.5. The number of piperidine rings is 1. The largest absolute Gasteiger partial charge is 0.382 e. The van der Waals surface area contributed by atoms with Gasteiger partial charge in [-0.3, -0.25) is 4.90 Å². The molecule has 0 bridgehead atoms. The SMILES string of the molecule is COCCOCCN(CC1CCNCC1)C(C)C. The molecule has 108 valence electrons. The predicted molar refractivity (Wildman–Crippen MR) is 75.0 cm³/mol. The van der Waals surface area contributed by atoms with Gasteiger partial charge < -0.3 is 14.8 Å². The maximum atomic E-state index is 5.56.